The molecule has 21 heavy (non-hydrogen) atoms. The molecule has 0 aliphatic carbocycles. The topological polar surface area (TPSA) is 21.3 Å². The summed E-state index contributed by atoms with van der Waals surface area (Å²) in [6.45, 7) is 13.3. The minimum absolute atomic E-state index is 0.0229. The third kappa shape index (κ3) is 3.67. The van der Waals surface area contributed by atoms with E-state index in [-0.39, 0.29) is 11.2 Å². The summed E-state index contributed by atoms with van der Waals surface area (Å²) < 4.78 is 6.28. The Labute approximate surface area is 130 Å². The summed E-state index contributed by atoms with van der Waals surface area (Å²) in [6, 6.07) is 7.20. The predicted molar refractivity (Wildman–Crippen MR) is 89.8 cm³/mol. The van der Waals surface area contributed by atoms with Crippen molar-refractivity contribution < 1.29 is 4.74 Å². The van der Waals surface area contributed by atoms with Crippen molar-refractivity contribution in [2.75, 3.05) is 7.05 Å². The van der Waals surface area contributed by atoms with Crippen molar-refractivity contribution in [2.24, 2.45) is 5.92 Å². The van der Waals surface area contributed by atoms with Gasteiger partial charge in [-0.05, 0) is 72.6 Å². The highest BCUT2D eigenvalue weighted by atomic mass is 16.5. The monoisotopic (exact) mass is 289 g/mol. The molecule has 1 saturated heterocycles. The Bertz CT molecular complexity index is 504. The highest BCUT2D eigenvalue weighted by Gasteiger charge is 2.48. The number of hydrogen-bond acceptors (Lipinski definition) is 2. The van der Waals surface area contributed by atoms with E-state index < -0.39 is 0 Å². The third-order valence-corrected chi connectivity index (χ3v) is 4.94. The van der Waals surface area contributed by atoms with Crippen LogP contribution in [0.4, 0.5) is 0 Å². The van der Waals surface area contributed by atoms with Crippen molar-refractivity contribution in [1.29, 1.82) is 0 Å². The van der Waals surface area contributed by atoms with Gasteiger partial charge in [-0.25, -0.2) is 0 Å². The number of nitrogens with one attached hydrogen (secondary N) is 1. The molecular formula is C19H31NO. The first-order valence-corrected chi connectivity index (χ1v) is 8.08. The van der Waals surface area contributed by atoms with Gasteiger partial charge in [0, 0.05) is 12.0 Å². The van der Waals surface area contributed by atoms with Gasteiger partial charge in [0.15, 0.2) is 0 Å². The van der Waals surface area contributed by atoms with E-state index in [0.717, 1.165) is 12.8 Å². The van der Waals surface area contributed by atoms with Crippen molar-refractivity contribution >= 4 is 0 Å². The second-order valence-corrected chi connectivity index (χ2v) is 7.81. The average molecular weight is 289 g/mol. The maximum Gasteiger partial charge on any atom is 0.0677 e. The molecule has 1 fully saturated rings. The predicted octanol–water partition coefficient (Wildman–Crippen LogP) is 4.03. The van der Waals surface area contributed by atoms with E-state index in [4.69, 9.17) is 4.74 Å². The van der Waals surface area contributed by atoms with Crippen LogP contribution in [0.15, 0.2) is 18.2 Å². The Morgan fingerprint density at radius 1 is 1.24 bits per heavy atom. The Kier molecular flexibility index (Phi) is 4.51. The number of rotatable bonds is 4. The minimum atomic E-state index is -0.0745. The van der Waals surface area contributed by atoms with Crippen molar-refractivity contribution in [1.82, 2.24) is 5.32 Å². The van der Waals surface area contributed by atoms with Crippen LogP contribution < -0.4 is 5.32 Å². The van der Waals surface area contributed by atoms with Crippen LogP contribution in [-0.4, -0.2) is 24.3 Å². The molecule has 2 heteroatoms. The molecule has 118 valence electrons. The van der Waals surface area contributed by atoms with Crippen LogP contribution in [0.25, 0.3) is 0 Å². The Hall–Kier alpha value is -0.860. The zero-order valence-corrected chi connectivity index (χ0v) is 14.7. The zero-order chi connectivity index (χ0) is 15.8. The van der Waals surface area contributed by atoms with Crippen LogP contribution in [0.5, 0.6) is 0 Å². The second-order valence-electron chi connectivity index (χ2n) is 7.81. The largest absolute Gasteiger partial charge is 0.369 e. The number of likely N-dealkylation sites (N-methyl/N-ethyl adjacent to an activating group) is 1. The van der Waals surface area contributed by atoms with Gasteiger partial charge in [0.05, 0.1) is 11.2 Å². The molecule has 0 aromatic heterocycles. The molecular weight excluding hydrogens is 258 g/mol. The van der Waals surface area contributed by atoms with Crippen LogP contribution in [0.1, 0.15) is 50.8 Å². The summed E-state index contributed by atoms with van der Waals surface area (Å²) >= 11 is 0. The lowest BCUT2D eigenvalue weighted by atomic mass is 9.79. The molecule has 2 unspecified atom stereocenters. The Balaban J connectivity index is 2.22. The fraction of sp³-hybridized carbons (Fsp3) is 0.684. The first-order valence-electron chi connectivity index (χ1n) is 8.08. The lowest BCUT2D eigenvalue weighted by Gasteiger charge is -2.33. The van der Waals surface area contributed by atoms with Gasteiger partial charge in [0.1, 0.15) is 0 Å². The molecule has 1 aliphatic rings. The molecule has 0 spiro atoms. The number of benzene rings is 1. The van der Waals surface area contributed by atoms with Gasteiger partial charge in [-0.1, -0.05) is 23.8 Å². The van der Waals surface area contributed by atoms with Gasteiger partial charge in [-0.15, -0.1) is 0 Å². The average Bonchev–Trinajstić information content (AvgIpc) is 2.58. The van der Waals surface area contributed by atoms with Gasteiger partial charge in [-0.2, -0.15) is 0 Å². The lowest BCUT2D eigenvalue weighted by Crippen LogP contribution is -2.44. The van der Waals surface area contributed by atoms with E-state index in [2.05, 4.69) is 72.1 Å². The van der Waals surface area contributed by atoms with E-state index in [1.807, 2.05) is 0 Å². The van der Waals surface area contributed by atoms with Gasteiger partial charge in [-0.3, -0.25) is 0 Å². The van der Waals surface area contributed by atoms with Crippen molar-refractivity contribution in [3.8, 4) is 0 Å². The fourth-order valence-electron chi connectivity index (χ4n) is 3.93. The maximum atomic E-state index is 6.28. The molecule has 2 rings (SSSR count). The molecule has 2 nitrogen and oxygen atoms in total. The highest BCUT2D eigenvalue weighted by Crippen LogP contribution is 2.44. The molecule has 1 aromatic carbocycles. The molecule has 1 N–H and O–H groups in total. The molecule has 0 radical (unpaired) electrons. The number of ether oxygens (including phenoxy) is 1. The van der Waals surface area contributed by atoms with Crippen molar-refractivity contribution in [3.05, 3.63) is 34.9 Å². The minimum Gasteiger partial charge on any atom is -0.369 e. The van der Waals surface area contributed by atoms with E-state index in [9.17, 15) is 0 Å². The Morgan fingerprint density at radius 3 is 2.43 bits per heavy atom. The quantitative estimate of drug-likeness (QED) is 0.903. The normalized spacial score (nSPS) is 25.0. The second kappa shape index (κ2) is 5.73. The van der Waals surface area contributed by atoms with Crippen LogP contribution in [-0.2, 0) is 11.2 Å². The van der Waals surface area contributed by atoms with E-state index >= 15 is 0 Å². The van der Waals surface area contributed by atoms with E-state index in [0.29, 0.717) is 12.0 Å². The summed E-state index contributed by atoms with van der Waals surface area (Å²) in [5.41, 5.74) is 4.08. The van der Waals surface area contributed by atoms with Gasteiger partial charge in [0.25, 0.3) is 0 Å². The van der Waals surface area contributed by atoms with E-state index in [1.165, 1.54) is 16.7 Å². The van der Waals surface area contributed by atoms with Crippen LogP contribution in [0.3, 0.4) is 0 Å². The fourth-order valence-corrected chi connectivity index (χ4v) is 3.93. The first-order chi connectivity index (χ1) is 9.64. The molecule has 0 amide bonds. The Morgan fingerprint density at radius 2 is 1.90 bits per heavy atom. The molecule has 1 aromatic rings. The standard InChI is InChI=1S/C19H31NO/c1-13-8-9-14(2)15(10-13)11-17(20-7)16-12-18(3,4)21-19(16,5)6/h8-10,16-17,20H,11-12H2,1-7H3. The van der Waals surface area contributed by atoms with Crippen LogP contribution in [0, 0.1) is 19.8 Å². The molecule has 1 aliphatic heterocycles. The molecule has 0 bridgehead atoms. The van der Waals surface area contributed by atoms with Gasteiger partial charge < -0.3 is 10.1 Å². The smallest absolute Gasteiger partial charge is 0.0677 e. The van der Waals surface area contributed by atoms with Crippen LogP contribution in [0.2, 0.25) is 0 Å². The van der Waals surface area contributed by atoms with Crippen molar-refractivity contribution in [3.63, 3.8) is 0 Å². The summed E-state index contributed by atoms with van der Waals surface area (Å²) in [5.74, 6) is 0.525. The summed E-state index contributed by atoms with van der Waals surface area (Å²) in [6.07, 6.45) is 2.17. The maximum absolute atomic E-state index is 6.28. The number of hydrogen-bond donors (Lipinski definition) is 1. The highest BCUT2D eigenvalue weighted by molar-refractivity contribution is 5.31. The van der Waals surface area contributed by atoms with Crippen LogP contribution >= 0.6 is 0 Å². The van der Waals surface area contributed by atoms with E-state index in [1.54, 1.807) is 0 Å². The third-order valence-electron chi connectivity index (χ3n) is 4.94. The summed E-state index contributed by atoms with van der Waals surface area (Å²) in [4.78, 5) is 0. The van der Waals surface area contributed by atoms with Crippen molar-refractivity contribution in [2.45, 2.75) is 71.6 Å². The number of aryl methyl sites for hydroxylation is 2. The molecule has 1 heterocycles. The molecule has 2 atom stereocenters. The first kappa shape index (κ1) is 16.5. The molecule has 0 saturated carbocycles. The zero-order valence-electron chi connectivity index (χ0n) is 14.7. The summed E-state index contributed by atoms with van der Waals surface area (Å²) in [7, 11) is 2.08. The summed E-state index contributed by atoms with van der Waals surface area (Å²) in [5, 5.41) is 3.55. The lowest BCUT2D eigenvalue weighted by molar-refractivity contribution is -0.0774. The van der Waals surface area contributed by atoms with Gasteiger partial charge in [0.2, 0.25) is 0 Å². The van der Waals surface area contributed by atoms with Gasteiger partial charge >= 0.3 is 0 Å². The SMILES string of the molecule is CNC(Cc1cc(C)ccc1C)C1CC(C)(C)OC1(C)C.